The van der Waals surface area contributed by atoms with Crippen molar-refractivity contribution in [1.82, 2.24) is 9.63 Å². The third-order valence-electron chi connectivity index (χ3n) is 4.75. The van der Waals surface area contributed by atoms with Gasteiger partial charge in [0.05, 0.1) is 24.4 Å². The van der Waals surface area contributed by atoms with Crippen LogP contribution in [-0.2, 0) is 21.4 Å². The van der Waals surface area contributed by atoms with Crippen LogP contribution in [-0.4, -0.2) is 41.6 Å². The molecule has 2 aromatic rings. The van der Waals surface area contributed by atoms with Gasteiger partial charge in [0.1, 0.15) is 5.92 Å². The number of benzene rings is 1. The first kappa shape index (κ1) is 13.5. The molecule has 0 radical (unpaired) electrons. The van der Waals surface area contributed by atoms with E-state index < -0.39 is 18.0 Å². The van der Waals surface area contributed by atoms with Crippen LogP contribution in [0.5, 0.6) is 0 Å². The number of aryl methyl sites for hydroxylation is 1. The molecule has 22 heavy (non-hydrogen) atoms. The van der Waals surface area contributed by atoms with E-state index in [1.807, 2.05) is 35.9 Å². The van der Waals surface area contributed by atoms with Crippen molar-refractivity contribution in [2.45, 2.75) is 12.1 Å². The van der Waals surface area contributed by atoms with Crippen LogP contribution in [0.15, 0.2) is 24.3 Å². The van der Waals surface area contributed by atoms with Gasteiger partial charge in [-0.15, -0.1) is 0 Å². The van der Waals surface area contributed by atoms with Gasteiger partial charge in [-0.05, 0) is 6.07 Å². The fourth-order valence-corrected chi connectivity index (χ4v) is 3.80. The molecule has 1 aliphatic carbocycles. The number of carbonyl (C=O) groups excluding carboxylic acids is 2. The number of methoxy groups -OCH3 is 1. The SMILES string of the molecule is COC(=O)[C@H]1[C@H]2c3c(c4ccccc4n3C)C(=O)[C@@H]1ON2C. The summed E-state index contributed by atoms with van der Waals surface area (Å²) in [5.41, 5.74) is 2.46. The maximum Gasteiger partial charge on any atom is 0.314 e. The number of Topliss-reactive ketones (excluding diaryl/α,β-unsaturated/α-hetero) is 1. The molecule has 1 saturated heterocycles. The second-order valence-electron chi connectivity index (χ2n) is 5.77. The molecule has 2 aliphatic rings. The molecule has 0 saturated carbocycles. The van der Waals surface area contributed by atoms with Gasteiger partial charge in [0.2, 0.25) is 0 Å². The molecule has 114 valence electrons. The lowest BCUT2D eigenvalue weighted by Crippen LogP contribution is -2.40. The Morgan fingerprint density at radius 2 is 2.00 bits per heavy atom. The van der Waals surface area contributed by atoms with E-state index in [9.17, 15) is 9.59 Å². The number of carbonyl (C=O) groups is 2. The van der Waals surface area contributed by atoms with Crippen LogP contribution in [0.4, 0.5) is 0 Å². The number of aromatic nitrogens is 1. The molecule has 0 N–H and O–H groups in total. The zero-order valence-corrected chi connectivity index (χ0v) is 12.6. The molecule has 6 nitrogen and oxygen atoms in total. The van der Waals surface area contributed by atoms with E-state index in [4.69, 9.17) is 9.57 Å². The summed E-state index contributed by atoms with van der Waals surface area (Å²) in [7, 11) is 5.00. The summed E-state index contributed by atoms with van der Waals surface area (Å²) in [4.78, 5) is 30.7. The highest BCUT2D eigenvalue weighted by Gasteiger charge is 2.57. The van der Waals surface area contributed by atoms with Crippen molar-refractivity contribution in [2.75, 3.05) is 14.2 Å². The van der Waals surface area contributed by atoms with E-state index in [1.54, 1.807) is 12.1 Å². The lowest BCUT2D eigenvalue weighted by molar-refractivity contribution is -0.147. The molecule has 1 aromatic heterocycles. The Morgan fingerprint density at radius 1 is 1.27 bits per heavy atom. The molecule has 2 heterocycles. The average molecular weight is 300 g/mol. The molecule has 1 fully saturated rings. The fourth-order valence-electron chi connectivity index (χ4n) is 3.80. The molecule has 4 rings (SSSR count). The zero-order valence-electron chi connectivity index (χ0n) is 12.6. The fraction of sp³-hybridized carbons (Fsp3) is 0.375. The van der Waals surface area contributed by atoms with Crippen LogP contribution in [0.1, 0.15) is 22.1 Å². The Hall–Kier alpha value is -2.18. The molecule has 0 spiro atoms. The van der Waals surface area contributed by atoms with E-state index >= 15 is 0 Å². The number of para-hydroxylation sites is 1. The second-order valence-corrected chi connectivity index (χ2v) is 5.77. The Balaban J connectivity index is 2.03. The minimum absolute atomic E-state index is 0.150. The predicted octanol–water partition coefficient (Wildman–Crippen LogP) is 1.45. The maximum absolute atomic E-state index is 12.9. The first-order valence-corrected chi connectivity index (χ1v) is 7.15. The largest absolute Gasteiger partial charge is 0.469 e. The molecule has 0 unspecified atom stereocenters. The summed E-state index contributed by atoms with van der Waals surface area (Å²) >= 11 is 0. The van der Waals surface area contributed by atoms with Crippen LogP contribution in [0.3, 0.4) is 0 Å². The number of nitrogens with zero attached hydrogens (tertiary/aromatic N) is 2. The minimum atomic E-state index is -0.805. The number of hydrogen-bond donors (Lipinski definition) is 0. The molecule has 0 amide bonds. The minimum Gasteiger partial charge on any atom is -0.469 e. The van der Waals surface area contributed by atoms with Gasteiger partial charge in [0.15, 0.2) is 11.9 Å². The third-order valence-corrected chi connectivity index (χ3v) is 4.75. The number of hydrogen-bond acceptors (Lipinski definition) is 5. The summed E-state index contributed by atoms with van der Waals surface area (Å²) in [6.45, 7) is 0. The molecular weight excluding hydrogens is 284 g/mol. The van der Waals surface area contributed by atoms with Gasteiger partial charge in [-0.3, -0.25) is 14.4 Å². The lowest BCUT2D eigenvalue weighted by Gasteiger charge is -2.26. The van der Waals surface area contributed by atoms with Gasteiger partial charge in [-0.25, -0.2) is 0 Å². The number of ketones is 1. The summed E-state index contributed by atoms with van der Waals surface area (Å²) < 4.78 is 6.87. The predicted molar refractivity (Wildman–Crippen MR) is 78.1 cm³/mol. The number of rotatable bonds is 1. The van der Waals surface area contributed by atoms with Gasteiger partial charge in [-0.1, -0.05) is 18.2 Å². The third kappa shape index (κ3) is 1.46. The maximum atomic E-state index is 12.9. The Kier molecular flexibility index (Phi) is 2.70. The standard InChI is InChI=1S/C16H16N2O4/c1-17-9-7-5-4-6-8(9)10-12(17)13-11(16(20)21-3)15(14(10)19)22-18(13)2/h4-7,11,13,15H,1-3H3/t11-,13-,15+/m0/s1. The highest BCUT2D eigenvalue weighted by molar-refractivity contribution is 6.14. The van der Waals surface area contributed by atoms with Crippen molar-refractivity contribution in [3.63, 3.8) is 0 Å². The van der Waals surface area contributed by atoms with Gasteiger partial charge in [0, 0.05) is 25.0 Å². The van der Waals surface area contributed by atoms with Crippen LogP contribution >= 0.6 is 0 Å². The van der Waals surface area contributed by atoms with Gasteiger partial charge in [0.25, 0.3) is 0 Å². The Labute approximate surface area is 127 Å². The molecule has 1 aromatic carbocycles. The topological polar surface area (TPSA) is 60.8 Å². The van der Waals surface area contributed by atoms with E-state index in [0.717, 1.165) is 16.6 Å². The summed E-state index contributed by atoms with van der Waals surface area (Å²) in [6.07, 6.45) is -0.805. The Morgan fingerprint density at radius 3 is 2.73 bits per heavy atom. The van der Waals surface area contributed by atoms with E-state index in [1.165, 1.54) is 7.11 Å². The smallest absolute Gasteiger partial charge is 0.314 e. The van der Waals surface area contributed by atoms with E-state index in [2.05, 4.69) is 0 Å². The van der Waals surface area contributed by atoms with E-state index in [-0.39, 0.29) is 11.8 Å². The van der Waals surface area contributed by atoms with Crippen molar-refractivity contribution in [2.24, 2.45) is 13.0 Å². The second kappa shape index (κ2) is 4.41. The molecule has 6 heteroatoms. The quantitative estimate of drug-likeness (QED) is 0.746. The molecule has 1 aliphatic heterocycles. The molecule has 2 bridgehead atoms. The zero-order chi connectivity index (χ0) is 15.6. The average Bonchev–Trinajstić information content (AvgIpc) is 2.98. The van der Waals surface area contributed by atoms with Gasteiger partial charge < -0.3 is 9.30 Å². The van der Waals surface area contributed by atoms with Crippen LogP contribution in [0.2, 0.25) is 0 Å². The molecule has 3 atom stereocenters. The van der Waals surface area contributed by atoms with Crippen LogP contribution < -0.4 is 0 Å². The first-order valence-electron chi connectivity index (χ1n) is 7.15. The first-order chi connectivity index (χ1) is 10.6. The Bertz CT molecular complexity index is 810. The van der Waals surface area contributed by atoms with Crippen molar-refractivity contribution in [1.29, 1.82) is 0 Å². The monoisotopic (exact) mass is 300 g/mol. The van der Waals surface area contributed by atoms with Crippen LogP contribution in [0.25, 0.3) is 10.9 Å². The lowest BCUT2D eigenvalue weighted by atomic mass is 9.80. The molecular formula is C16H16N2O4. The highest BCUT2D eigenvalue weighted by Crippen LogP contribution is 2.48. The van der Waals surface area contributed by atoms with E-state index in [0.29, 0.717) is 5.56 Å². The number of ether oxygens (including phenoxy) is 1. The summed E-state index contributed by atoms with van der Waals surface area (Å²) in [5.74, 6) is -1.19. The number of esters is 1. The van der Waals surface area contributed by atoms with Crippen LogP contribution in [0, 0.1) is 5.92 Å². The van der Waals surface area contributed by atoms with Crippen molar-refractivity contribution < 1.29 is 19.2 Å². The normalized spacial score (nSPS) is 27.2. The van der Waals surface area contributed by atoms with Crippen molar-refractivity contribution in [3.05, 3.63) is 35.5 Å². The van der Waals surface area contributed by atoms with Gasteiger partial charge >= 0.3 is 5.97 Å². The van der Waals surface area contributed by atoms with Crippen molar-refractivity contribution in [3.8, 4) is 0 Å². The summed E-state index contributed by atoms with van der Waals surface area (Å²) in [5, 5.41) is 2.51. The van der Waals surface area contributed by atoms with Crippen molar-refractivity contribution >= 4 is 22.7 Å². The highest BCUT2D eigenvalue weighted by atomic mass is 16.7. The summed E-state index contributed by atoms with van der Waals surface area (Å²) in [6, 6.07) is 7.44. The number of hydroxylamine groups is 2. The number of fused-ring (bicyclic) bond motifs is 6. The van der Waals surface area contributed by atoms with Gasteiger partial charge in [-0.2, -0.15) is 5.06 Å².